The minimum absolute atomic E-state index is 0.278. The van der Waals surface area contributed by atoms with Crippen molar-refractivity contribution in [1.29, 1.82) is 0 Å². The Morgan fingerprint density at radius 1 is 0.885 bits per heavy atom. The third-order valence-electron chi connectivity index (χ3n) is 4.16. The molecule has 6 nitrogen and oxygen atoms in total. The molecule has 2 aromatic carbocycles. The number of carbonyl (C=O) groups is 1. The molecule has 0 unspecified atom stereocenters. The maximum absolute atomic E-state index is 12.1. The van der Waals surface area contributed by atoms with Crippen LogP contribution in [0, 0.1) is 0 Å². The van der Waals surface area contributed by atoms with Gasteiger partial charge in [-0.1, -0.05) is 30.3 Å². The minimum atomic E-state index is -0.278. The van der Waals surface area contributed by atoms with Crippen LogP contribution in [0.3, 0.4) is 0 Å². The number of rotatable bonds is 3. The molecule has 4 aromatic rings. The summed E-state index contributed by atoms with van der Waals surface area (Å²) in [5, 5.41) is 11.0. The second kappa shape index (κ2) is 6.68. The highest BCUT2D eigenvalue weighted by atomic mass is 16.2. The molecule has 6 heteroatoms. The van der Waals surface area contributed by atoms with E-state index in [4.69, 9.17) is 0 Å². The standard InChI is InChI=1S/C20H17N5O/c1-25-19-13-21-11-17(18(19)12-22-25)14-7-9-16(10-8-14)24-20(26)23-15-5-3-2-4-6-15/h2-13H,1H3,(H2,23,24,26). The normalized spacial score (nSPS) is 10.7. The van der Waals surface area contributed by atoms with Gasteiger partial charge in [-0.3, -0.25) is 9.67 Å². The molecule has 2 heterocycles. The van der Waals surface area contributed by atoms with E-state index in [1.54, 1.807) is 10.9 Å². The average molecular weight is 343 g/mol. The summed E-state index contributed by atoms with van der Waals surface area (Å²) in [5.74, 6) is 0. The monoisotopic (exact) mass is 343 g/mol. The van der Waals surface area contributed by atoms with Crippen LogP contribution in [0.5, 0.6) is 0 Å². The summed E-state index contributed by atoms with van der Waals surface area (Å²) in [7, 11) is 1.89. The van der Waals surface area contributed by atoms with Crippen LogP contribution >= 0.6 is 0 Å². The van der Waals surface area contributed by atoms with Crippen LogP contribution in [0.2, 0.25) is 0 Å². The SMILES string of the molecule is Cn1ncc2c(-c3ccc(NC(=O)Nc4ccccc4)cc3)cncc21. The van der Waals surface area contributed by atoms with Crippen molar-refractivity contribution in [1.82, 2.24) is 14.8 Å². The number of nitrogens with zero attached hydrogens (tertiary/aromatic N) is 3. The van der Waals surface area contributed by atoms with E-state index in [1.165, 1.54) is 0 Å². The van der Waals surface area contributed by atoms with Crippen molar-refractivity contribution in [2.45, 2.75) is 0 Å². The van der Waals surface area contributed by atoms with Crippen molar-refractivity contribution >= 4 is 28.3 Å². The van der Waals surface area contributed by atoms with Crippen molar-refractivity contribution in [3.63, 3.8) is 0 Å². The van der Waals surface area contributed by atoms with Gasteiger partial charge in [-0.25, -0.2) is 4.79 Å². The molecule has 2 aromatic heterocycles. The molecule has 26 heavy (non-hydrogen) atoms. The predicted molar refractivity (Wildman–Crippen MR) is 103 cm³/mol. The van der Waals surface area contributed by atoms with E-state index in [0.717, 1.165) is 27.7 Å². The van der Waals surface area contributed by atoms with Crippen LogP contribution in [-0.2, 0) is 7.05 Å². The molecule has 0 radical (unpaired) electrons. The van der Waals surface area contributed by atoms with Crippen molar-refractivity contribution in [2.24, 2.45) is 7.05 Å². The van der Waals surface area contributed by atoms with E-state index < -0.39 is 0 Å². The molecule has 0 fully saturated rings. The summed E-state index contributed by atoms with van der Waals surface area (Å²) >= 11 is 0. The summed E-state index contributed by atoms with van der Waals surface area (Å²) in [6.45, 7) is 0. The maximum Gasteiger partial charge on any atom is 0.323 e. The van der Waals surface area contributed by atoms with Crippen molar-refractivity contribution < 1.29 is 4.79 Å². The number of amides is 2. The summed E-state index contributed by atoms with van der Waals surface area (Å²) in [5.41, 5.74) is 4.47. The topological polar surface area (TPSA) is 71.8 Å². The third kappa shape index (κ3) is 3.12. The van der Waals surface area contributed by atoms with Gasteiger partial charge in [-0.05, 0) is 29.8 Å². The molecule has 2 amide bonds. The fourth-order valence-corrected chi connectivity index (χ4v) is 2.84. The number of benzene rings is 2. The van der Waals surface area contributed by atoms with E-state index in [2.05, 4.69) is 20.7 Å². The first-order chi connectivity index (χ1) is 12.7. The smallest absolute Gasteiger partial charge is 0.308 e. The summed E-state index contributed by atoms with van der Waals surface area (Å²) in [6.07, 6.45) is 5.47. The molecule has 0 atom stereocenters. The molecule has 0 saturated carbocycles. The molecule has 0 aliphatic carbocycles. The zero-order valence-corrected chi connectivity index (χ0v) is 14.2. The summed E-state index contributed by atoms with van der Waals surface area (Å²) in [6, 6.07) is 16.7. The zero-order valence-electron chi connectivity index (χ0n) is 14.2. The number of para-hydroxylation sites is 1. The van der Waals surface area contributed by atoms with Gasteiger partial charge in [-0.15, -0.1) is 0 Å². The summed E-state index contributed by atoms with van der Waals surface area (Å²) < 4.78 is 1.80. The quantitative estimate of drug-likeness (QED) is 0.583. The van der Waals surface area contributed by atoms with Gasteiger partial charge in [0.15, 0.2) is 0 Å². The van der Waals surface area contributed by atoms with Crippen LogP contribution < -0.4 is 10.6 Å². The van der Waals surface area contributed by atoms with Gasteiger partial charge >= 0.3 is 6.03 Å². The van der Waals surface area contributed by atoms with E-state index >= 15 is 0 Å². The van der Waals surface area contributed by atoms with E-state index in [-0.39, 0.29) is 6.03 Å². The first kappa shape index (κ1) is 15.8. The lowest BCUT2D eigenvalue weighted by molar-refractivity contribution is 0.262. The highest BCUT2D eigenvalue weighted by Crippen LogP contribution is 2.28. The molecular weight excluding hydrogens is 326 g/mol. The lowest BCUT2D eigenvalue weighted by Crippen LogP contribution is -2.19. The van der Waals surface area contributed by atoms with Crippen LogP contribution in [0.25, 0.3) is 22.0 Å². The van der Waals surface area contributed by atoms with E-state index in [0.29, 0.717) is 5.69 Å². The number of carbonyl (C=O) groups excluding carboxylic acids is 1. The Morgan fingerprint density at radius 2 is 1.58 bits per heavy atom. The van der Waals surface area contributed by atoms with Crippen molar-refractivity contribution in [3.8, 4) is 11.1 Å². The number of pyridine rings is 1. The van der Waals surface area contributed by atoms with Crippen LogP contribution in [0.15, 0.2) is 73.2 Å². The minimum Gasteiger partial charge on any atom is -0.308 e. The molecule has 128 valence electrons. The third-order valence-corrected chi connectivity index (χ3v) is 4.16. The zero-order chi connectivity index (χ0) is 17.9. The van der Waals surface area contributed by atoms with Gasteiger partial charge in [0.25, 0.3) is 0 Å². The van der Waals surface area contributed by atoms with E-state index in [1.807, 2.05) is 74.0 Å². The average Bonchev–Trinajstić information content (AvgIpc) is 3.04. The fraction of sp³-hybridized carbons (Fsp3) is 0.0500. The van der Waals surface area contributed by atoms with Crippen molar-refractivity contribution in [2.75, 3.05) is 10.6 Å². The number of hydrogen-bond donors (Lipinski definition) is 2. The predicted octanol–water partition coefficient (Wildman–Crippen LogP) is 4.28. The van der Waals surface area contributed by atoms with Crippen molar-refractivity contribution in [3.05, 3.63) is 73.2 Å². The Bertz CT molecular complexity index is 1050. The number of fused-ring (bicyclic) bond motifs is 1. The van der Waals surface area contributed by atoms with Gasteiger partial charge in [0.1, 0.15) is 0 Å². The summed E-state index contributed by atoms with van der Waals surface area (Å²) in [4.78, 5) is 16.4. The lowest BCUT2D eigenvalue weighted by atomic mass is 10.0. The Balaban J connectivity index is 1.52. The Morgan fingerprint density at radius 3 is 2.31 bits per heavy atom. The fourth-order valence-electron chi connectivity index (χ4n) is 2.84. The second-order valence-corrected chi connectivity index (χ2v) is 5.91. The number of aromatic nitrogens is 3. The lowest BCUT2D eigenvalue weighted by Gasteiger charge is -2.09. The maximum atomic E-state index is 12.1. The van der Waals surface area contributed by atoms with Crippen LogP contribution in [0.4, 0.5) is 16.2 Å². The van der Waals surface area contributed by atoms with Crippen LogP contribution in [0.1, 0.15) is 0 Å². The highest BCUT2D eigenvalue weighted by Gasteiger charge is 2.08. The van der Waals surface area contributed by atoms with Gasteiger partial charge in [0, 0.05) is 35.6 Å². The van der Waals surface area contributed by atoms with Gasteiger partial charge in [-0.2, -0.15) is 5.10 Å². The Labute approximate surface area is 150 Å². The van der Waals surface area contributed by atoms with Gasteiger partial charge in [0.2, 0.25) is 0 Å². The Hall–Kier alpha value is -3.67. The molecule has 0 saturated heterocycles. The van der Waals surface area contributed by atoms with Gasteiger partial charge < -0.3 is 10.6 Å². The first-order valence-electron chi connectivity index (χ1n) is 8.20. The molecule has 0 bridgehead atoms. The number of hydrogen-bond acceptors (Lipinski definition) is 3. The molecule has 0 aliphatic rings. The second-order valence-electron chi connectivity index (χ2n) is 5.91. The van der Waals surface area contributed by atoms with E-state index in [9.17, 15) is 4.79 Å². The molecule has 4 rings (SSSR count). The Kier molecular flexibility index (Phi) is 4.07. The molecule has 0 spiro atoms. The van der Waals surface area contributed by atoms with Crippen LogP contribution in [-0.4, -0.2) is 20.8 Å². The van der Waals surface area contributed by atoms with Gasteiger partial charge in [0.05, 0.1) is 17.9 Å². The first-order valence-corrected chi connectivity index (χ1v) is 8.20. The number of aryl methyl sites for hydroxylation is 1. The molecule has 2 N–H and O–H groups in total. The number of urea groups is 1. The largest absolute Gasteiger partial charge is 0.323 e. The number of nitrogens with one attached hydrogen (secondary N) is 2. The number of anilines is 2. The highest BCUT2D eigenvalue weighted by molar-refractivity contribution is 6.00. The molecule has 0 aliphatic heterocycles. The molecular formula is C20H17N5O.